The number of allylic oxidation sites excluding steroid dienone is 16. The predicted octanol–water partition coefficient (Wildman–Crippen LogP) is 11.0. The van der Waals surface area contributed by atoms with Gasteiger partial charge in [-0.25, -0.2) is 4.57 Å². The van der Waals surface area contributed by atoms with E-state index in [1.165, 1.54) is 0 Å². The standard InChI is InChI=1S/C43H70NO8P/c1-3-5-7-9-11-13-15-17-19-20-22-24-26-28-30-32-34-36-43(46)52-41(40-51-53(47,48)50-38-37-44)39-49-42(45)35-33-31-29-27-25-23-21-18-16-14-12-10-8-6-4-2/h5-8,11-14,17-19,21-22,24,28,30,41H,3-4,9-10,15-16,20,23,25-27,29,31-40,44H2,1-2H3,(H,47,48)/b7-5-,8-6-,13-11-,14-12-,19-17-,21-18-,24-22-,30-28-/t41-/m1/s1. The number of unbranched alkanes of at least 4 members (excludes halogenated alkanes) is 6. The molecule has 0 aromatic heterocycles. The van der Waals surface area contributed by atoms with Gasteiger partial charge >= 0.3 is 19.8 Å². The average Bonchev–Trinajstić information content (AvgIpc) is 3.14. The molecule has 0 saturated heterocycles. The van der Waals surface area contributed by atoms with Crippen molar-refractivity contribution >= 4 is 19.8 Å². The molecule has 0 aliphatic heterocycles. The van der Waals surface area contributed by atoms with E-state index in [4.69, 9.17) is 24.3 Å². The maximum Gasteiger partial charge on any atom is 0.472 e. The Morgan fingerprint density at radius 1 is 0.566 bits per heavy atom. The van der Waals surface area contributed by atoms with E-state index in [-0.39, 0.29) is 32.6 Å². The summed E-state index contributed by atoms with van der Waals surface area (Å²) in [4.78, 5) is 34.8. The van der Waals surface area contributed by atoms with Crippen LogP contribution in [0.3, 0.4) is 0 Å². The first kappa shape index (κ1) is 49.9. The molecule has 3 N–H and O–H groups in total. The van der Waals surface area contributed by atoms with E-state index in [1.807, 2.05) is 6.08 Å². The molecule has 0 rings (SSSR count). The normalized spacial score (nSPS) is 14.4. The topological polar surface area (TPSA) is 134 Å². The van der Waals surface area contributed by atoms with Crippen molar-refractivity contribution in [2.75, 3.05) is 26.4 Å². The maximum absolute atomic E-state index is 12.5. The maximum atomic E-state index is 12.5. The van der Waals surface area contributed by atoms with Crippen molar-refractivity contribution in [1.29, 1.82) is 0 Å². The van der Waals surface area contributed by atoms with Crippen molar-refractivity contribution in [1.82, 2.24) is 0 Å². The summed E-state index contributed by atoms with van der Waals surface area (Å²) in [5.74, 6) is -0.930. The van der Waals surface area contributed by atoms with Gasteiger partial charge in [-0.05, 0) is 83.5 Å². The summed E-state index contributed by atoms with van der Waals surface area (Å²) in [5, 5.41) is 0. The summed E-state index contributed by atoms with van der Waals surface area (Å²) < 4.78 is 32.6. The van der Waals surface area contributed by atoms with E-state index in [2.05, 4.69) is 105 Å². The second-order valence-corrected chi connectivity index (χ2v) is 13.8. The Labute approximate surface area is 321 Å². The predicted molar refractivity (Wildman–Crippen MR) is 219 cm³/mol. The molecule has 0 amide bonds. The second-order valence-electron chi connectivity index (χ2n) is 12.4. The molecule has 0 heterocycles. The van der Waals surface area contributed by atoms with Gasteiger partial charge in [0, 0.05) is 19.4 Å². The zero-order valence-corrected chi connectivity index (χ0v) is 33.6. The number of hydrogen-bond acceptors (Lipinski definition) is 8. The Hall–Kier alpha value is -3.07. The van der Waals surface area contributed by atoms with E-state index in [1.54, 1.807) is 0 Å². The molecule has 0 aromatic carbocycles. The summed E-state index contributed by atoms with van der Waals surface area (Å²) in [6.45, 7) is 3.38. The Balaban J connectivity index is 4.36. The summed E-state index contributed by atoms with van der Waals surface area (Å²) in [7, 11) is -4.40. The highest BCUT2D eigenvalue weighted by Gasteiger charge is 2.25. The summed E-state index contributed by atoms with van der Waals surface area (Å²) in [6, 6.07) is 0. The van der Waals surface area contributed by atoms with Crippen LogP contribution in [0.1, 0.15) is 129 Å². The molecule has 0 spiro atoms. The van der Waals surface area contributed by atoms with Gasteiger partial charge in [-0.1, -0.05) is 130 Å². The first-order valence-electron chi connectivity index (χ1n) is 19.7. The van der Waals surface area contributed by atoms with Gasteiger partial charge in [-0.3, -0.25) is 18.6 Å². The molecule has 0 saturated carbocycles. The number of ether oxygens (including phenoxy) is 2. The quantitative estimate of drug-likeness (QED) is 0.0280. The number of phosphoric acid groups is 1. The number of phosphoric ester groups is 1. The molecule has 0 aromatic rings. The van der Waals surface area contributed by atoms with Gasteiger partial charge in [0.1, 0.15) is 6.61 Å². The number of carbonyl (C=O) groups is 2. The molecule has 0 aliphatic rings. The summed E-state index contributed by atoms with van der Waals surface area (Å²) >= 11 is 0. The lowest BCUT2D eigenvalue weighted by Gasteiger charge is -2.19. The van der Waals surface area contributed by atoms with Crippen LogP contribution >= 0.6 is 7.82 Å². The van der Waals surface area contributed by atoms with Crippen LogP contribution in [-0.4, -0.2) is 49.3 Å². The fraction of sp³-hybridized carbons (Fsp3) is 0.581. The molecule has 10 heteroatoms. The van der Waals surface area contributed by atoms with Crippen LogP contribution in [0.15, 0.2) is 97.2 Å². The molecule has 1 unspecified atom stereocenters. The van der Waals surface area contributed by atoms with E-state index >= 15 is 0 Å². The second kappa shape index (κ2) is 38.6. The highest BCUT2D eigenvalue weighted by atomic mass is 31.2. The highest BCUT2D eigenvalue weighted by Crippen LogP contribution is 2.43. The van der Waals surface area contributed by atoms with Crippen molar-refractivity contribution in [3.8, 4) is 0 Å². The zero-order chi connectivity index (χ0) is 38.9. The van der Waals surface area contributed by atoms with Gasteiger partial charge in [0.25, 0.3) is 0 Å². The van der Waals surface area contributed by atoms with Gasteiger partial charge in [-0.15, -0.1) is 0 Å². The number of hydrogen-bond donors (Lipinski definition) is 2. The lowest BCUT2D eigenvalue weighted by atomic mass is 10.1. The first-order chi connectivity index (χ1) is 25.8. The lowest BCUT2D eigenvalue weighted by Crippen LogP contribution is -2.29. The number of rotatable bonds is 35. The molecule has 0 radical (unpaired) electrons. The Morgan fingerprint density at radius 3 is 1.51 bits per heavy atom. The third-order valence-corrected chi connectivity index (χ3v) is 8.45. The van der Waals surface area contributed by atoms with Gasteiger partial charge in [0.05, 0.1) is 13.2 Å². The number of esters is 2. The van der Waals surface area contributed by atoms with Gasteiger partial charge in [0.2, 0.25) is 0 Å². The molecule has 300 valence electrons. The summed E-state index contributed by atoms with van der Waals surface area (Å²) in [5.41, 5.74) is 5.33. The monoisotopic (exact) mass is 759 g/mol. The van der Waals surface area contributed by atoms with Crippen LogP contribution in [0.5, 0.6) is 0 Å². The Bertz CT molecular complexity index is 1180. The van der Waals surface area contributed by atoms with Crippen LogP contribution in [0.25, 0.3) is 0 Å². The molecule has 0 aliphatic carbocycles. The van der Waals surface area contributed by atoms with Crippen LogP contribution in [0.2, 0.25) is 0 Å². The molecular formula is C43H70NO8P. The smallest absolute Gasteiger partial charge is 0.462 e. The van der Waals surface area contributed by atoms with E-state index in [0.29, 0.717) is 19.3 Å². The third kappa shape index (κ3) is 38.5. The van der Waals surface area contributed by atoms with Crippen LogP contribution < -0.4 is 5.73 Å². The molecule has 9 nitrogen and oxygen atoms in total. The van der Waals surface area contributed by atoms with E-state index in [9.17, 15) is 19.0 Å². The van der Waals surface area contributed by atoms with Gasteiger partial charge in [-0.2, -0.15) is 0 Å². The fourth-order valence-electron chi connectivity index (χ4n) is 4.62. The number of nitrogens with two attached hydrogens (primary N) is 1. The SMILES string of the molecule is CC/C=C\C/C=C\C/C=C\C/C=C\C/C=C\CCCC(=O)O[C@H](COC(=O)CCCCCCC/C=C\C/C=C\C/C=C\CC)COP(=O)(O)OCCN. The van der Waals surface area contributed by atoms with Crippen LogP contribution in [0, 0.1) is 0 Å². The highest BCUT2D eigenvalue weighted by molar-refractivity contribution is 7.47. The number of carbonyl (C=O) groups excluding carboxylic acids is 2. The Kier molecular flexibility index (Phi) is 36.4. The molecular weight excluding hydrogens is 689 g/mol. The van der Waals surface area contributed by atoms with E-state index in [0.717, 1.165) is 83.5 Å². The van der Waals surface area contributed by atoms with Crippen molar-refractivity contribution in [3.05, 3.63) is 97.2 Å². The van der Waals surface area contributed by atoms with Crippen molar-refractivity contribution in [2.45, 2.75) is 136 Å². The average molecular weight is 760 g/mol. The first-order valence-corrected chi connectivity index (χ1v) is 21.2. The lowest BCUT2D eigenvalue weighted by molar-refractivity contribution is -0.161. The third-order valence-electron chi connectivity index (χ3n) is 7.47. The van der Waals surface area contributed by atoms with Crippen LogP contribution in [0.4, 0.5) is 0 Å². The molecule has 2 atom stereocenters. The van der Waals surface area contributed by atoms with Gasteiger partial charge in [0.15, 0.2) is 6.10 Å². The summed E-state index contributed by atoms with van der Waals surface area (Å²) in [6.07, 6.45) is 48.7. The Morgan fingerprint density at radius 2 is 1.00 bits per heavy atom. The minimum absolute atomic E-state index is 0.0360. The minimum atomic E-state index is -4.40. The minimum Gasteiger partial charge on any atom is -0.462 e. The van der Waals surface area contributed by atoms with Gasteiger partial charge < -0.3 is 20.1 Å². The zero-order valence-electron chi connectivity index (χ0n) is 32.7. The molecule has 53 heavy (non-hydrogen) atoms. The van der Waals surface area contributed by atoms with Crippen molar-refractivity contribution < 1.29 is 37.6 Å². The fourth-order valence-corrected chi connectivity index (χ4v) is 5.39. The van der Waals surface area contributed by atoms with E-state index < -0.39 is 32.5 Å². The van der Waals surface area contributed by atoms with Crippen molar-refractivity contribution in [3.63, 3.8) is 0 Å². The van der Waals surface area contributed by atoms with Crippen LogP contribution in [-0.2, 0) is 32.7 Å². The van der Waals surface area contributed by atoms with Crippen molar-refractivity contribution in [2.24, 2.45) is 5.73 Å². The molecule has 0 fully saturated rings. The molecule has 0 bridgehead atoms. The largest absolute Gasteiger partial charge is 0.472 e.